The van der Waals surface area contributed by atoms with Crippen molar-refractivity contribution in [2.45, 2.75) is 64.7 Å². The summed E-state index contributed by atoms with van der Waals surface area (Å²) in [6, 6.07) is 9.26. The van der Waals surface area contributed by atoms with Gasteiger partial charge < -0.3 is 19.3 Å². The normalized spacial score (nSPS) is 19.9. The van der Waals surface area contributed by atoms with Crippen LogP contribution in [0, 0.1) is 11.8 Å². The van der Waals surface area contributed by atoms with Gasteiger partial charge in [-0.05, 0) is 40.2 Å². The highest BCUT2D eigenvalue weighted by Crippen LogP contribution is 2.32. The Morgan fingerprint density at radius 1 is 1.37 bits per heavy atom. The fraction of sp³-hybridized carbons (Fsp3) is 0.571. The molecule has 0 saturated carbocycles. The molecule has 2 atom stereocenters. The van der Waals surface area contributed by atoms with Gasteiger partial charge in [-0.3, -0.25) is 4.90 Å². The highest BCUT2D eigenvalue weighted by Gasteiger charge is 2.48. The van der Waals surface area contributed by atoms with Gasteiger partial charge in [-0.25, -0.2) is 4.79 Å². The average molecular weight is 375 g/mol. The van der Waals surface area contributed by atoms with Gasteiger partial charge in [0.2, 0.25) is 0 Å². The van der Waals surface area contributed by atoms with E-state index in [1.165, 1.54) is 0 Å². The van der Waals surface area contributed by atoms with Gasteiger partial charge in [-0.2, -0.15) is 0 Å². The lowest BCUT2D eigenvalue weighted by Crippen LogP contribution is -2.53. The molecule has 1 amide bonds. The van der Waals surface area contributed by atoms with Crippen molar-refractivity contribution in [2.75, 3.05) is 13.2 Å². The molecule has 2 rings (SSSR count). The summed E-state index contributed by atoms with van der Waals surface area (Å²) in [5, 5.41) is 9.11. The Bertz CT molecular complexity index is 684. The van der Waals surface area contributed by atoms with Crippen LogP contribution in [0.1, 0.15) is 40.2 Å². The van der Waals surface area contributed by atoms with Crippen LogP contribution in [0.5, 0.6) is 0 Å². The Balaban J connectivity index is 2.22. The number of aliphatic hydroxyl groups is 1. The first-order valence-corrected chi connectivity index (χ1v) is 9.05. The van der Waals surface area contributed by atoms with E-state index in [0.29, 0.717) is 6.61 Å². The lowest BCUT2D eigenvalue weighted by molar-refractivity contribution is -0.0692. The molecule has 1 heterocycles. The summed E-state index contributed by atoms with van der Waals surface area (Å²) in [6.45, 7) is 9.40. The van der Waals surface area contributed by atoms with E-state index in [2.05, 4.69) is 11.8 Å². The molecule has 27 heavy (non-hydrogen) atoms. The van der Waals surface area contributed by atoms with Crippen molar-refractivity contribution < 1.29 is 24.1 Å². The van der Waals surface area contributed by atoms with Gasteiger partial charge >= 0.3 is 6.09 Å². The van der Waals surface area contributed by atoms with Crippen molar-refractivity contribution in [3.05, 3.63) is 35.9 Å². The van der Waals surface area contributed by atoms with Crippen molar-refractivity contribution in [1.29, 1.82) is 0 Å². The van der Waals surface area contributed by atoms with Crippen molar-refractivity contribution >= 4 is 6.09 Å². The summed E-state index contributed by atoms with van der Waals surface area (Å²) >= 11 is 0. The highest BCUT2D eigenvalue weighted by atomic mass is 16.6. The number of carbonyl (C=O) groups excluding carboxylic acids is 1. The number of ether oxygens (including phenoxy) is 3. The average Bonchev–Trinajstić information content (AvgIpc) is 2.89. The summed E-state index contributed by atoms with van der Waals surface area (Å²) in [5.74, 6) is 5.56. The van der Waals surface area contributed by atoms with E-state index < -0.39 is 29.6 Å². The van der Waals surface area contributed by atoms with Crippen LogP contribution in [0.25, 0.3) is 0 Å². The summed E-state index contributed by atoms with van der Waals surface area (Å²) in [6.07, 6.45) is -1.10. The number of nitrogens with zero attached hydrogens (tertiary/aromatic N) is 1. The van der Waals surface area contributed by atoms with Crippen LogP contribution < -0.4 is 0 Å². The zero-order valence-corrected chi connectivity index (χ0v) is 16.7. The first kappa shape index (κ1) is 21.2. The van der Waals surface area contributed by atoms with Gasteiger partial charge in [0.25, 0.3) is 0 Å². The zero-order chi connectivity index (χ0) is 20.1. The van der Waals surface area contributed by atoms with Crippen molar-refractivity contribution in [3.63, 3.8) is 0 Å². The quantitative estimate of drug-likeness (QED) is 0.820. The molecule has 0 bridgehead atoms. The largest absolute Gasteiger partial charge is 0.444 e. The molecule has 0 aliphatic carbocycles. The van der Waals surface area contributed by atoms with Gasteiger partial charge in [0.05, 0.1) is 19.3 Å². The van der Waals surface area contributed by atoms with Gasteiger partial charge in [0.1, 0.15) is 24.0 Å². The van der Waals surface area contributed by atoms with E-state index in [1.54, 1.807) is 4.90 Å². The van der Waals surface area contributed by atoms with Crippen LogP contribution >= 0.6 is 0 Å². The van der Waals surface area contributed by atoms with Gasteiger partial charge in [-0.1, -0.05) is 42.2 Å². The predicted molar refractivity (Wildman–Crippen MR) is 102 cm³/mol. The van der Waals surface area contributed by atoms with Crippen LogP contribution in [0.2, 0.25) is 0 Å². The third kappa shape index (κ3) is 5.96. The summed E-state index contributed by atoms with van der Waals surface area (Å²) < 4.78 is 17.4. The smallest absolute Gasteiger partial charge is 0.413 e. The molecule has 0 spiro atoms. The van der Waals surface area contributed by atoms with Crippen LogP contribution in [0.4, 0.5) is 4.79 Å². The Kier molecular flexibility index (Phi) is 6.88. The summed E-state index contributed by atoms with van der Waals surface area (Å²) in [5.41, 5.74) is -0.477. The molecule has 0 aromatic heterocycles. The third-order valence-corrected chi connectivity index (χ3v) is 4.05. The summed E-state index contributed by atoms with van der Waals surface area (Å²) in [4.78, 5) is 14.4. The number of amides is 1. The molecule has 0 unspecified atom stereocenters. The van der Waals surface area contributed by atoms with Crippen LogP contribution in [-0.4, -0.2) is 52.8 Å². The van der Waals surface area contributed by atoms with Gasteiger partial charge in [0.15, 0.2) is 0 Å². The Morgan fingerprint density at radius 2 is 2.04 bits per heavy atom. The predicted octanol–water partition coefficient (Wildman–Crippen LogP) is 2.94. The second-order valence-electron chi connectivity index (χ2n) is 7.87. The fourth-order valence-electron chi connectivity index (χ4n) is 2.88. The van der Waals surface area contributed by atoms with Crippen molar-refractivity contribution in [2.24, 2.45) is 0 Å². The topological polar surface area (TPSA) is 68.2 Å². The molecular weight excluding hydrogens is 346 g/mol. The second-order valence-corrected chi connectivity index (χ2v) is 7.87. The molecule has 1 saturated heterocycles. The number of benzene rings is 1. The number of carbonyl (C=O) groups is 1. The number of rotatable bonds is 4. The molecule has 6 heteroatoms. The van der Waals surface area contributed by atoms with Gasteiger partial charge in [0, 0.05) is 0 Å². The van der Waals surface area contributed by atoms with E-state index in [9.17, 15) is 4.79 Å². The lowest BCUT2D eigenvalue weighted by Gasteiger charge is -2.36. The van der Waals surface area contributed by atoms with E-state index in [-0.39, 0.29) is 13.2 Å². The number of hydrogen-bond donors (Lipinski definition) is 1. The minimum Gasteiger partial charge on any atom is -0.444 e. The molecule has 148 valence electrons. The van der Waals surface area contributed by atoms with E-state index in [1.807, 2.05) is 65.0 Å². The molecular formula is C21H29NO5. The van der Waals surface area contributed by atoms with E-state index >= 15 is 0 Å². The van der Waals surface area contributed by atoms with Crippen LogP contribution in [0.15, 0.2) is 30.3 Å². The maximum atomic E-state index is 12.8. The second kappa shape index (κ2) is 8.75. The molecule has 6 nitrogen and oxygen atoms in total. The first-order chi connectivity index (χ1) is 12.6. The first-order valence-electron chi connectivity index (χ1n) is 9.05. The van der Waals surface area contributed by atoms with Gasteiger partial charge in [-0.15, -0.1) is 0 Å². The zero-order valence-electron chi connectivity index (χ0n) is 16.7. The molecule has 1 aromatic rings. The van der Waals surface area contributed by atoms with E-state index in [0.717, 1.165) is 5.56 Å². The fourth-order valence-corrected chi connectivity index (χ4v) is 2.88. The standard InChI is InChI=1S/C21H29NO5/c1-20(2,3)27-19(24)22-17(15-26-21(22,4)5)18(12-9-13-23)25-14-16-10-7-6-8-11-16/h6-8,10-11,17-18,23H,13-15H2,1-5H3/t17-,18-/m1/s1. The molecule has 1 N–H and O–H groups in total. The number of hydrogen-bond acceptors (Lipinski definition) is 5. The molecule has 1 aliphatic heterocycles. The molecule has 1 aromatic carbocycles. The highest BCUT2D eigenvalue weighted by molar-refractivity contribution is 5.70. The minimum absolute atomic E-state index is 0.270. The Morgan fingerprint density at radius 3 is 2.63 bits per heavy atom. The Hall–Kier alpha value is -2.07. The molecule has 1 aliphatic rings. The van der Waals surface area contributed by atoms with Crippen LogP contribution in [-0.2, 0) is 20.8 Å². The lowest BCUT2D eigenvalue weighted by atomic mass is 10.1. The van der Waals surface area contributed by atoms with E-state index in [4.69, 9.17) is 19.3 Å². The van der Waals surface area contributed by atoms with Crippen molar-refractivity contribution in [3.8, 4) is 11.8 Å². The molecule has 1 fully saturated rings. The minimum atomic E-state index is -0.845. The SMILES string of the molecule is CC(C)(C)OC(=O)N1[C@@H]([C@@H](C#CCO)OCc2ccccc2)COC1(C)C. The Labute approximate surface area is 161 Å². The third-order valence-electron chi connectivity index (χ3n) is 4.05. The monoisotopic (exact) mass is 375 g/mol. The number of aliphatic hydroxyl groups excluding tert-OH is 1. The summed E-state index contributed by atoms with van der Waals surface area (Å²) in [7, 11) is 0. The van der Waals surface area contributed by atoms with Crippen LogP contribution in [0.3, 0.4) is 0 Å². The molecule has 0 radical (unpaired) electrons. The maximum absolute atomic E-state index is 12.8. The maximum Gasteiger partial charge on any atom is 0.413 e. The van der Waals surface area contributed by atoms with Crippen molar-refractivity contribution in [1.82, 2.24) is 4.90 Å².